The number of rotatable bonds is 5. The van der Waals surface area contributed by atoms with E-state index in [-0.39, 0.29) is 16.9 Å². The van der Waals surface area contributed by atoms with Gasteiger partial charge in [0.15, 0.2) is 0 Å². The Hall–Kier alpha value is -1.66. The molecule has 0 spiro atoms. The normalized spacial score (nSPS) is 12.5. The summed E-state index contributed by atoms with van der Waals surface area (Å²) in [6, 6.07) is 8.80. The van der Waals surface area contributed by atoms with Gasteiger partial charge in [0.25, 0.3) is 0 Å². The predicted octanol–water partition coefficient (Wildman–Crippen LogP) is 2.80. The van der Waals surface area contributed by atoms with E-state index >= 15 is 0 Å². The van der Waals surface area contributed by atoms with E-state index < -0.39 is 10.0 Å². The topological polar surface area (TPSA) is 72.2 Å². The summed E-state index contributed by atoms with van der Waals surface area (Å²) in [5.74, 6) is 0.718. The van der Waals surface area contributed by atoms with Crippen molar-refractivity contribution in [2.75, 3.05) is 6.54 Å². The third-order valence-electron chi connectivity index (χ3n) is 3.38. The highest BCUT2D eigenvalue weighted by molar-refractivity contribution is 7.89. The Kier molecular flexibility index (Phi) is 4.72. The molecule has 2 aromatic rings. The van der Waals surface area contributed by atoms with Crippen molar-refractivity contribution in [2.24, 2.45) is 0 Å². The van der Waals surface area contributed by atoms with Gasteiger partial charge in [-0.3, -0.25) is 0 Å². The highest BCUT2D eigenvalue weighted by Gasteiger charge is 2.17. The summed E-state index contributed by atoms with van der Waals surface area (Å²) in [6.07, 6.45) is 0.497. The molecule has 0 amide bonds. The fourth-order valence-electron chi connectivity index (χ4n) is 2.07. The molecule has 0 atom stereocenters. The third kappa shape index (κ3) is 4.18. The molecule has 1 heterocycles. The van der Waals surface area contributed by atoms with Crippen molar-refractivity contribution in [1.82, 2.24) is 9.88 Å². The molecule has 120 valence electrons. The van der Waals surface area contributed by atoms with Crippen LogP contribution in [0.1, 0.15) is 37.8 Å². The van der Waals surface area contributed by atoms with E-state index in [0.29, 0.717) is 6.42 Å². The number of hydrogen-bond acceptors (Lipinski definition) is 4. The van der Waals surface area contributed by atoms with E-state index in [9.17, 15) is 8.42 Å². The van der Waals surface area contributed by atoms with E-state index in [1.165, 1.54) is 0 Å². The molecule has 0 aliphatic heterocycles. The first-order valence-electron chi connectivity index (χ1n) is 7.21. The van der Waals surface area contributed by atoms with Gasteiger partial charge >= 0.3 is 0 Å². The largest absolute Gasteiger partial charge is 0.361 e. The Bertz CT molecular complexity index is 725. The van der Waals surface area contributed by atoms with Crippen LogP contribution in [0.2, 0.25) is 0 Å². The zero-order valence-corrected chi connectivity index (χ0v) is 14.2. The average molecular weight is 322 g/mol. The number of sulfonamides is 1. The van der Waals surface area contributed by atoms with Crippen LogP contribution in [0.15, 0.2) is 39.8 Å². The zero-order valence-electron chi connectivity index (χ0n) is 13.4. The van der Waals surface area contributed by atoms with Crippen molar-refractivity contribution in [2.45, 2.75) is 44.4 Å². The van der Waals surface area contributed by atoms with Crippen LogP contribution >= 0.6 is 0 Å². The summed E-state index contributed by atoms with van der Waals surface area (Å²) in [5, 5.41) is 3.84. The smallest absolute Gasteiger partial charge is 0.240 e. The molecule has 0 fully saturated rings. The lowest BCUT2D eigenvalue weighted by atomic mass is 9.87. The van der Waals surface area contributed by atoms with Gasteiger partial charge in [-0.25, -0.2) is 13.1 Å². The van der Waals surface area contributed by atoms with E-state index in [0.717, 1.165) is 17.0 Å². The Morgan fingerprint density at radius 2 is 1.82 bits per heavy atom. The molecular formula is C16H22N2O3S. The van der Waals surface area contributed by atoms with Crippen molar-refractivity contribution in [3.63, 3.8) is 0 Å². The monoisotopic (exact) mass is 322 g/mol. The van der Waals surface area contributed by atoms with Crippen LogP contribution in [-0.4, -0.2) is 20.1 Å². The van der Waals surface area contributed by atoms with Gasteiger partial charge in [0.05, 0.1) is 10.6 Å². The van der Waals surface area contributed by atoms with Gasteiger partial charge < -0.3 is 4.52 Å². The van der Waals surface area contributed by atoms with E-state index in [1.807, 2.05) is 12.1 Å². The minimum atomic E-state index is -3.49. The molecule has 6 heteroatoms. The van der Waals surface area contributed by atoms with Crippen LogP contribution in [0.5, 0.6) is 0 Å². The number of aryl methyl sites for hydroxylation is 1. The van der Waals surface area contributed by atoms with Crippen LogP contribution in [0.3, 0.4) is 0 Å². The summed E-state index contributed by atoms with van der Waals surface area (Å²) in [5.41, 5.74) is 1.84. The van der Waals surface area contributed by atoms with Gasteiger partial charge in [0.2, 0.25) is 10.0 Å². The SMILES string of the molecule is Cc1cc(CCNS(=O)(=O)c2ccc(C(C)(C)C)cc2)no1. The molecule has 1 N–H and O–H groups in total. The summed E-state index contributed by atoms with van der Waals surface area (Å²) in [6.45, 7) is 8.37. The summed E-state index contributed by atoms with van der Waals surface area (Å²) >= 11 is 0. The number of aromatic nitrogens is 1. The third-order valence-corrected chi connectivity index (χ3v) is 4.86. The number of nitrogens with one attached hydrogen (secondary N) is 1. The highest BCUT2D eigenvalue weighted by atomic mass is 32.2. The number of hydrogen-bond donors (Lipinski definition) is 1. The first-order chi connectivity index (χ1) is 10.2. The van der Waals surface area contributed by atoms with Crippen molar-refractivity contribution < 1.29 is 12.9 Å². The van der Waals surface area contributed by atoms with Gasteiger partial charge in [0.1, 0.15) is 5.76 Å². The predicted molar refractivity (Wildman–Crippen MR) is 85.3 cm³/mol. The molecule has 22 heavy (non-hydrogen) atoms. The molecule has 2 rings (SSSR count). The molecule has 1 aromatic carbocycles. The lowest BCUT2D eigenvalue weighted by Gasteiger charge is -2.19. The van der Waals surface area contributed by atoms with Crippen LogP contribution < -0.4 is 4.72 Å². The van der Waals surface area contributed by atoms with E-state index in [4.69, 9.17) is 4.52 Å². The second kappa shape index (κ2) is 6.22. The Labute approximate surface area is 131 Å². The number of nitrogens with zero attached hydrogens (tertiary/aromatic N) is 1. The van der Waals surface area contributed by atoms with Crippen LogP contribution in [0.4, 0.5) is 0 Å². The van der Waals surface area contributed by atoms with Gasteiger partial charge in [-0.2, -0.15) is 0 Å². The maximum absolute atomic E-state index is 12.2. The van der Waals surface area contributed by atoms with Crippen LogP contribution in [0.25, 0.3) is 0 Å². The molecule has 0 unspecified atom stereocenters. The molecule has 0 saturated heterocycles. The minimum Gasteiger partial charge on any atom is -0.361 e. The molecule has 0 bridgehead atoms. The lowest BCUT2D eigenvalue weighted by molar-refractivity contribution is 0.390. The standard InChI is InChI=1S/C16H22N2O3S/c1-12-11-14(18-21-12)9-10-17-22(19,20)15-7-5-13(6-8-15)16(2,3)4/h5-8,11,17H,9-10H2,1-4H3. The van der Waals surface area contributed by atoms with Gasteiger partial charge in [-0.15, -0.1) is 0 Å². The van der Waals surface area contributed by atoms with Crippen LogP contribution in [0, 0.1) is 6.92 Å². The Morgan fingerprint density at radius 1 is 1.18 bits per heavy atom. The van der Waals surface area contributed by atoms with Crippen molar-refractivity contribution in [1.29, 1.82) is 0 Å². The first-order valence-corrected chi connectivity index (χ1v) is 8.69. The van der Waals surface area contributed by atoms with Crippen molar-refractivity contribution in [3.8, 4) is 0 Å². The lowest BCUT2D eigenvalue weighted by Crippen LogP contribution is -2.26. The Balaban J connectivity index is 2.00. The van der Waals surface area contributed by atoms with Gasteiger partial charge in [0, 0.05) is 19.0 Å². The summed E-state index contributed by atoms with van der Waals surface area (Å²) in [7, 11) is -3.49. The second-order valence-electron chi connectivity index (χ2n) is 6.35. The quantitative estimate of drug-likeness (QED) is 0.919. The fraction of sp³-hybridized carbons (Fsp3) is 0.438. The minimum absolute atomic E-state index is 0.000528. The maximum atomic E-state index is 12.2. The highest BCUT2D eigenvalue weighted by Crippen LogP contribution is 2.23. The molecule has 0 aliphatic rings. The molecule has 0 radical (unpaired) electrons. The van der Waals surface area contributed by atoms with Crippen molar-refractivity contribution in [3.05, 3.63) is 47.3 Å². The van der Waals surface area contributed by atoms with Crippen LogP contribution in [-0.2, 0) is 21.9 Å². The average Bonchev–Trinajstić information content (AvgIpc) is 2.83. The fourth-order valence-corrected chi connectivity index (χ4v) is 3.10. The second-order valence-corrected chi connectivity index (χ2v) is 8.12. The number of benzene rings is 1. The molecule has 1 aromatic heterocycles. The van der Waals surface area contributed by atoms with E-state index in [2.05, 4.69) is 30.6 Å². The first kappa shape index (κ1) is 16.7. The molecule has 5 nitrogen and oxygen atoms in total. The zero-order chi connectivity index (χ0) is 16.4. The molecule has 0 aliphatic carbocycles. The maximum Gasteiger partial charge on any atom is 0.240 e. The summed E-state index contributed by atoms with van der Waals surface area (Å²) < 4.78 is 32.0. The Morgan fingerprint density at radius 3 is 2.32 bits per heavy atom. The molecular weight excluding hydrogens is 300 g/mol. The summed E-state index contributed by atoms with van der Waals surface area (Å²) in [4.78, 5) is 0.275. The van der Waals surface area contributed by atoms with Gasteiger partial charge in [-0.05, 0) is 30.0 Å². The molecule has 0 saturated carbocycles. The van der Waals surface area contributed by atoms with Crippen molar-refractivity contribution >= 4 is 10.0 Å². The van der Waals surface area contributed by atoms with E-state index in [1.54, 1.807) is 25.1 Å². The van der Waals surface area contributed by atoms with Gasteiger partial charge in [-0.1, -0.05) is 38.1 Å².